The van der Waals surface area contributed by atoms with E-state index in [0.29, 0.717) is 26.2 Å². The molecule has 0 bridgehead atoms. The van der Waals surface area contributed by atoms with Gasteiger partial charge in [-0.2, -0.15) is 0 Å². The fraction of sp³-hybridized carbons (Fsp3) is 0.294. The highest BCUT2D eigenvalue weighted by Crippen LogP contribution is 2.28. The zero-order chi connectivity index (χ0) is 18.7. The highest BCUT2D eigenvalue weighted by Gasteiger charge is 2.28. The quantitative estimate of drug-likeness (QED) is 0.609. The third-order valence-corrected chi connectivity index (χ3v) is 4.21. The van der Waals surface area contributed by atoms with Crippen LogP contribution in [0.1, 0.15) is 20.9 Å². The second-order valence-corrected chi connectivity index (χ2v) is 5.71. The van der Waals surface area contributed by atoms with Gasteiger partial charge in [-0.1, -0.05) is 0 Å². The van der Waals surface area contributed by atoms with E-state index in [4.69, 9.17) is 9.15 Å². The molecule has 0 saturated carbocycles. The van der Waals surface area contributed by atoms with Gasteiger partial charge in [0, 0.05) is 37.8 Å². The molecule has 0 atom stereocenters. The SMILES string of the molecule is COc1ccc(C(=O)N2CCN(C(=O)c3ccco3)CC2)cc1[N+](=O)[O-]. The molecule has 1 saturated heterocycles. The molecule has 1 aromatic carbocycles. The Hall–Kier alpha value is -3.36. The summed E-state index contributed by atoms with van der Waals surface area (Å²) in [6.45, 7) is 1.41. The first-order valence-electron chi connectivity index (χ1n) is 7.95. The van der Waals surface area contributed by atoms with E-state index in [2.05, 4.69) is 0 Å². The molecular formula is C17H17N3O6. The molecule has 0 aliphatic carbocycles. The Labute approximate surface area is 148 Å². The second kappa shape index (κ2) is 7.26. The maximum atomic E-state index is 12.6. The lowest BCUT2D eigenvalue weighted by Crippen LogP contribution is -2.50. The lowest BCUT2D eigenvalue weighted by Gasteiger charge is -2.34. The summed E-state index contributed by atoms with van der Waals surface area (Å²) in [5.41, 5.74) is -0.0479. The molecule has 136 valence electrons. The van der Waals surface area contributed by atoms with Crippen LogP contribution in [0.5, 0.6) is 5.75 Å². The first-order valence-corrected chi connectivity index (χ1v) is 7.95. The number of nitro benzene ring substituents is 1. The molecule has 0 spiro atoms. The van der Waals surface area contributed by atoms with Crippen LogP contribution in [0.2, 0.25) is 0 Å². The first kappa shape index (κ1) is 17.5. The molecule has 1 fully saturated rings. The molecule has 9 nitrogen and oxygen atoms in total. The van der Waals surface area contributed by atoms with Gasteiger partial charge in [0.2, 0.25) is 0 Å². The molecule has 1 aromatic heterocycles. The Kier molecular flexibility index (Phi) is 4.87. The van der Waals surface area contributed by atoms with Crippen molar-refractivity contribution in [2.24, 2.45) is 0 Å². The van der Waals surface area contributed by atoms with Gasteiger partial charge in [-0.25, -0.2) is 0 Å². The van der Waals surface area contributed by atoms with Crippen LogP contribution in [0.4, 0.5) is 5.69 Å². The van der Waals surface area contributed by atoms with Gasteiger partial charge in [-0.15, -0.1) is 0 Å². The fourth-order valence-electron chi connectivity index (χ4n) is 2.82. The molecule has 0 unspecified atom stereocenters. The molecule has 2 aromatic rings. The predicted molar refractivity (Wildman–Crippen MR) is 90.2 cm³/mol. The van der Waals surface area contributed by atoms with Crippen LogP contribution in [0.3, 0.4) is 0 Å². The molecule has 1 aliphatic rings. The number of nitrogens with zero attached hydrogens (tertiary/aromatic N) is 3. The van der Waals surface area contributed by atoms with Crippen molar-refractivity contribution < 1.29 is 23.7 Å². The molecule has 0 radical (unpaired) electrons. The highest BCUT2D eigenvalue weighted by atomic mass is 16.6. The van der Waals surface area contributed by atoms with E-state index in [-0.39, 0.29) is 34.6 Å². The lowest BCUT2D eigenvalue weighted by atomic mass is 10.1. The number of ether oxygens (including phenoxy) is 1. The lowest BCUT2D eigenvalue weighted by molar-refractivity contribution is -0.385. The van der Waals surface area contributed by atoms with Crippen LogP contribution in [-0.2, 0) is 0 Å². The van der Waals surface area contributed by atoms with Crippen LogP contribution in [-0.4, -0.2) is 59.8 Å². The highest BCUT2D eigenvalue weighted by molar-refractivity contribution is 5.96. The maximum absolute atomic E-state index is 12.6. The molecule has 0 N–H and O–H groups in total. The van der Waals surface area contributed by atoms with E-state index in [1.807, 2.05) is 0 Å². The number of methoxy groups -OCH3 is 1. The van der Waals surface area contributed by atoms with E-state index < -0.39 is 4.92 Å². The molecule has 3 rings (SSSR count). The standard InChI is InChI=1S/C17H17N3O6/c1-25-14-5-4-12(11-13(14)20(23)24)16(21)18-6-8-19(9-7-18)17(22)15-3-2-10-26-15/h2-5,10-11H,6-9H2,1H3. The number of benzene rings is 1. The minimum Gasteiger partial charge on any atom is -0.490 e. The van der Waals surface area contributed by atoms with E-state index >= 15 is 0 Å². The van der Waals surface area contributed by atoms with Gasteiger partial charge in [0.25, 0.3) is 11.8 Å². The fourth-order valence-corrected chi connectivity index (χ4v) is 2.82. The Morgan fingerprint density at radius 2 is 1.77 bits per heavy atom. The number of rotatable bonds is 4. The zero-order valence-corrected chi connectivity index (χ0v) is 14.1. The Balaban J connectivity index is 1.68. The normalized spacial score (nSPS) is 14.2. The number of nitro groups is 1. The van der Waals surface area contributed by atoms with Gasteiger partial charge in [0.15, 0.2) is 11.5 Å². The van der Waals surface area contributed by atoms with Crippen molar-refractivity contribution in [3.05, 3.63) is 58.0 Å². The Morgan fingerprint density at radius 1 is 1.12 bits per heavy atom. The summed E-state index contributed by atoms with van der Waals surface area (Å²) < 4.78 is 10.0. The van der Waals surface area contributed by atoms with Crippen molar-refractivity contribution >= 4 is 17.5 Å². The van der Waals surface area contributed by atoms with E-state index in [9.17, 15) is 19.7 Å². The minimum absolute atomic E-state index is 0.0976. The Bertz CT molecular complexity index is 825. The smallest absolute Gasteiger partial charge is 0.311 e. The largest absolute Gasteiger partial charge is 0.490 e. The molecule has 2 amide bonds. The van der Waals surface area contributed by atoms with Crippen LogP contribution < -0.4 is 4.74 Å². The van der Waals surface area contributed by atoms with Gasteiger partial charge < -0.3 is 19.0 Å². The predicted octanol–water partition coefficient (Wildman–Crippen LogP) is 1.79. The molecule has 2 heterocycles. The second-order valence-electron chi connectivity index (χ2n) is 5.71. The van der Waals surface area contributed by atoms with Crippen LogP contribution in [0.15, 0.2) is 41.0 Å². The van der Waals surface area contributed by atoms with Crippen LogP contribution >= 0.6 is 0 Å². The summed E-state index contributed by atoms with van der Waals surface area (Å²) in [5, 5.41) is 11.1. The van der Waals surface area contributed by atoms with Gasteiger partial charge >= 0.3 is 5.69 Å². The van der Waals surface area contributed by atoms with E-state index in [1.54, 1.807) is 21.9 Å². The summed E-state index contributed by atoms with van der Waals surface area (Å²) in [4.78, 5) is 38.6. The van der Waals surface area contributed by atoms with Crippen molar-refractivity contribution in [2.75, 3.05) is 33.3 Å². The molecular weight excluding hydrogens is 342 g/mol. The third kappa shape index (κ3) is 3.37. The van der Waals surface area contributed by atoms with Crippen molar-refractivity contribution in [3.8, 4) is 5.75 Å². The van der Waals surface area contributed by atoms with Crippen molar-refractivity contribution in [3.63, 3.8) is 0 Å². The topological polar surface area (TPSA) is 106 Å². The van der Waals surface area contributed by atoms with E-state index in [0.717, 1.165) is 0 Å². The summed E-state index contributed by atoms with van der Waals surface area (Å²) >= 11 is 0. The number of furan rings is 1. The summed E-state index contributed by atoms with van der Waals surface area (Å²) in [6, 6.07) is 7.35. The van der Waals surface area contributed by atoms with Crippen molar-refractivity contribution in [2.45, 2.75) is 0 Å². The number of hydrogen-bond donors (Lipinski definition) is 0. The van der Waals surface area contributed by atoms with Gasteiger partial charge in [0.05, 0.1) is 18.3 Å². The summed E-state index contributed by atoms with van der Waals surface area (Å²) in [7, 11) is 1.33. The monoisotopic (exact) mass is 359 g/mol. The molecule has 1 aliphatic heterocycles. The third-order valence-electron chi connectivity index (χ3n) is 4.21. The number of hydrogen-bond acceptors (Lipinski definition) is 6. The minimum atomic E-state index is -0.588. The zero-order valence-electron chi connectivity index (χ0n) is 14.1. The maximum Gasteiger partial charge on any atom is 0.311 e. The number of carbonyl (C=O) groups is 2. The number of amides is 2. The van der Waals surface area contributed by atoms with E-state index in [1.165, 1.54) is 31.6 Å². The average Bonchev–Trinajstić information content (AvgIpc) is 3.21. The van der Waals surface area contributed by atoms with Crippen LogP contribution in [0.25, 0.3) is 0 Å². The van der Waals surface area contributed by atoms with Crippen LogP contribution in [0, 0.1) is 10.1 Å². The van der Waals surface area contributed by atoms with Crippen molar-refractivity contribution in [1.82, 2.24) is 9.80 Å². The van der Waals surface area contributed by atoms with Crippen molar-refractivity contribution in [1.29, 1.82) is 0 Å². The Morgan fingerprint density at radius 3 is 2.31 bits per heavy atom. The van der Waals surface area contributed by atoms with Gasteiger partial charge in [0.1, 0.15) is 0 Å². The summed E-state index contributed by atoms with van der Waals surface area (Å²) in [5.74, 6) is -0.181. The summed E-state index contributed by atoms with van der Waals surface area (Å²) in [6.07, 6.45) is 1.43. The number of piperazine rings is 1. The van der Waals surface area contributed by atoms with Gasteiger partial charge in [-0.05, 0) is 24.3 Å². The molecule has 26 heavy (non-hydrogen) atoms. The molecule has 9 heteroatoms. The first-order chi connectivity index (χ1) is 12.5. The van der Waals surface area contributed by atoms with Gasteiger partial charge in [-0.3, -0.25) is 19.7 Å². The average molecular weight is 359 g/mol. The number of carbonyl (C=O) groups excluding carboxylic acids is 2.